The number of halogens is 5. The third kappa shape index (κ3) is 3.27. The van der Waals surface area contributed by atoms with Crippen LogP contribution in [0, 0.1) is 17.5 Å². The summed E-state index contributed by atoms with van der Waals surface area (Å²) in [7, 11) is 0. The Morgan fingerprint density at radius 2 is 1.75 bits per heavy atom. The maximum atomic E-state index is 13.9. The molecule has 0 saturated carbocycles. The molecule has 0 bridgehead atoms. The Bertz CT molecular complexity index is 611. The molecule has 1 aromatic heterocycles. The average molecular weight is 429 g/mol. The van der Waals surface area contributed by atoms with E-state index < -0.39 is 23.5 Å². The second-order valence-electron chi connectivity index (χ2n) is 4.05. The van der Waals surface area contributed by atoms with Crippen molar-refractivity contribution in [3.8, 4) is 0 Å². The minimum Gasteiger partial charge on any atom is -0.306 e. The van der Waals surface area contributed by atoms with Crippen molar-refractivity contribution in [3.05, 3.63) is 54.4 Å². The molecule has 108 valence electrons. The van der Waals surface area contributed by atoms with Crippen LogP contribution >= 0.6 is 43.2 Å². The third-order valence-electron chi connectivity index (χ3n) is 2.71. The van der Waals surface area contributed by atoms with E-state index in [0.717, 1.165) is 19.2 Å². The Morgan fingerprint density at radius 3 is 2.30 bits per heavy atom. The van der Waals surface area contributed by atoms with Gasteiger partial charge in [-0.1, -0.05) is 6.92 Å². The summed E-state index contributed by atoms with van der Waals surface area (Å²) >= 11 is 8.13. The lowest BCUT2D eigenvalue weighted by Gasteiger charge is -2.18. The molecule has 0 aliphatic carbocycles. The van der Waals surface area contributed by atoms with E-state index in [0.29, 0.717) is 12.6 Å². The first kappa shape index (κ1) is 16.0. The summed E-state index contributed by atoms with van der Waals surface area (Å²) in [4.78, 5) is 0.801. The van der Waals surface area contributed by atoms with Gasteiger partial charge >= 0.3 is 0 Å². The van der Waals surface area contributed by atoms with Gasteiger partial charge in [-0.15, -0.1) is 11.3 Å². The number of nitrogens with one attached hydrogen (secondary N) is 1. The van der Waals surface area contributed by atoms with Gasteiger partial charge in [-0.05, 0) is 50.5 Å². The highest BCUT2D eigenvalue weighted by Gasteiger charge is 2.22. The van der Waals surface area contributed by atoms with Gasteiger partial charge in [-0.3, -0.25) is 0 Å². The van der Waals surface area contributed by atoms with Gasteiger partial charge in [-0.2, -0.15) is 0 Å². The van der Waals surface area contributed by atoms with E-state index in [4.69, 9.17) is 0 Å². The van der Waals surface area contributed by atoms with Crippen LogP contribution in [-0.2, 0) is 0 Å². The van der Waals surface area contributed by atoms with Crippen LogP contribution in [0.15, 0.2) is 26.5 Å². The molecule has 1 N–H and O–H groups in total. The number of hydrogen-bond donors (Lipinski definition) is 1. The van der Waals surface area contributed by atoms with E-state index in [1.54, 1.807) is 0 Å². The molecule has 1 atom stereocenters. The van der Waals surface area contributed by atoms with E-state index in [1.807, 2.05) is 13.0 Å². The van der Waals surface area contributed by atoms with Crippen molar-refractivity contribution in [2.24, 2.45) is 0 Å². The molecule has 0 aliphatic heterocycles. The zero-order valence-electron chi connectivity index (χ0n) is 10.3. The van der Waals surface area contributed by atoms with Crippen molar-refractivity contribution in [1.82, 2.24) is 5.32 Å². The Morgan fingerprint density at radius 1 is 1.10 bits per heavy atom. The largest absolute Gasteiger partial charge is 0.306 e. The fourth-order valence-corrected chi connectivity index (χ4v) is 4.02. The van der Waals surface area contributed by atoms with E-state index in [2.05, 4.69) is 37.2 Å². The summed E-state index contributed by atoms with van der Waals surface area (Å²) in [5.41, 5.74) is 0.0898. The quantitative estimate of drug-likeness (QED) is 0.643. The van der Waals surface area contributed by atoms with Gasteiger partial charge in [0.15, 0.2) is 11.6 Å². The molecule has 0 saturated heterocycles. The van der Waals surface area contributed by atoms with Crippen LogP contribution in [0.5, 0.6) is 0 Å². The van der Waals surface area contributed by atoms with Gasteiger partial charge in [0.1, 0.15) is 5.82 Å². The molecular weight excluding hydrogens is 419 g/mol. The molecule has 1 heterocycles. The Hall–Kier alpha value is -0.370. The first-order valence-corrected chi connectivity index (χ1v) is 8.16. The Kier molecular flexibility index (Phi) is 5.28. The molecule has 1 unspecified atom stereocenters. The molecule has 0 fully saturated rings. The zero-order valence-corrected chi connectivity index (χ0v) is 14.3. The molecule has 1 aromatic carbocycles. The van der Waals surface area contributed by atoms with Crippen LogP contribution in [0.1, 0.15) is 23.4 Å². The van der Waals surface area contributed by atoms with E-state index >= 15 is 0 Å². The fraction of sp³-hybridized carbons (Fsp3) is 0.231. The summed E-state index contributed by atoms with van der Waals surface area (Å²) in [6.45, 7) is 2.43. The first-order valence-electron chi connectivity index (χ1n) is 5.76. The number of thiophene rings is 1. The second-order valence-corrected chi connectivity index (χ2v) is 7.30. The Balaban J connectivity index is 2.50. The van der Waals surface area contributed by atoms with E-state index in [1.165, 1.54) is 11.3 Å². The number of rotatable bonds is 4. The van der Waals surface area contributed by atoms with Crippen molar-refractivity contribution >= 4 is 43.2 Å². The minimum absolute atomic E-state index is 0.0898. The molecule has 2 aromatic rings. The van der Waals surface area contributed by atoms with Gasteiger partial charge in [0, 0.05) is 21.0 Å². The van der Waals surface area contributed by atoms with Gasteiger partial charge in [-0.25, -0.2) is 13.2 Å². The molecule has 0 spiro atoms. The van der Waals surface area contributed by atoms with Crippen LogP contribution in [0.4, 0.5) is 13.2 Å². The maximum Gasteiger partial charge on any atom is 0.161 e. The summed E-state index contributed by atoms with van der Waals surface area (Å²) in [5, 5.41) is 3.08. The van der Waals surface area contributed by atoms with Crippen LogP contribution in [0.2, 0.25) is 0 Å². The lowest BCUT2D eigenvalue weighted by molar-refractivity contribution is 0.482. The maximum absolute atomic E-state index is 13.9. The van der Waals surface area contributed by atoms with E-state index in [-0.39, 0.29) is 5.56 Å². The van der Waals surface area contributed by atoms with Crippen molar-refractivity contribution < 1.29 is 13.2 Å². The number of benzene rings is 1. The van der Waals surface area contributed by atoms with Crippen molar-refractivity contribution in [3.63, 3.8) is 0 Å². The van der Waals surface area contributed by atoms with E-state index in [9.17, 15) is 13.2 Å². The fourth-order valence-electron chi connectivity index (χ4n) is 1.83. The monoisotopic (exact) mass is 427 g/mol. The minimum atomic E-state index is -1.19. The molecule has 7 heteroatoms. The van der Waals surface area contributed by atoms with Gasteiger partial charge in [0.2, 0.25) is 0 Å². The molecule has 20 heavy (non-hydrogen) atoms. The third-order valence-corrected chi connectivity index (χ3v) is 6.03. The number of hydrogen-bond acceptors (Lipinski definition) is 2. The van der Waals surface area contributed by atoms with Crippen LogP contribution in [0.25, 0.3) is 0 Å². The highest BCUT2D eigenvalue weighted by molar-refractivity contribution is 9.13. The molecule has 2 rings (SSSR count). The summed E-state index contributed by atoms with van der Waals surface area (Å²) in [5.74, 6) is -3.01. The normalized spacial score (nSPS) is 12.7. The lowest BCUT2D eigenvalue weighted by atomic mass is 10.0. The van der Waals surface area contributed by atoms with Gasteiger partial charge in [0.05, 0.1) is 9.83 Å². The first-order chi connectivity index (χ1) is 9.43. The highest BCUT2D eigenvalue weighted by atomic mass is 79.9. The average Bonchev–Trinajstić information content (AvgIpc) is 2.71. The van der Waals surface area contributed by atoms with Gasteiger partial charge in [0.25, 0.3) is 0 Å². The van der Waals surface area contributed by atoms with Crippen LogP contribution < -0.4 is 5.32 Å². The predicted octanol–water partition coefficient (Wildman–Crippen LogP) is 5.39. The molecule has 1 nitrogen and oxygen atoms in total. The Labute approximate surface area is 135 Å². The van der Waals surface area contributed by atoms with Crippen LogP contribution in [-0.4, -0.2) is 6.54 Å². The van der Waals surface area contributed by atoms with Crippen molar-refractivity contribution in [2.75, 3.05) is 6.54 Å². The standard InChI is InChI=1S/C13H10Br2F3NS/c1-2-19-12(11-4-7(14)13(15)20-11)6-3-9(17)10(18)5-8(6)16/h3-5,12,19H,2H2,1H3. The summed E-state index contributed by atoms with van der Waals surface area (Å²) in [6.07, 6.45) is 0. The summed E-state index contributed by atoms with van der Waals surface area (Å²) in [6, 6.07) is 2.78. The zero-order chi connectivity index (χ0) is 14.9. The molecule has 0 amide bonds. The summed E-state index contributed by atoms with van der Waals surface area (Å²) < 4.78 is 42.0. The molecular formula is C13H10Br2F3NS. The smallest absolute Gasteiger partial charge is 0.161 e. The topological polar surface area (TPSA) is 12.0 Å². The van der Waals surface area contributed by atoms with Crippen molar-refractivity contribution in [2.45, 2.75) is 13.0 Å². The van der Waals surface area contributed by atoms with Crippen LogP contribution in [0.3, 0.4) is 0 Å². The highest BCUT2D eigenvalue weighted by Crippen LogP contribution is 2.38. The predicted molar refractivity (Wildman–Crippen MR) is 81.6 cm³/mol. The molecule has 0 aliphatic rings. The SMILES string of the molecule is CCNC(c1cc(Br)c(Br)s1)c1cc(F)c(F)cc1F. The van der Waals surface area contributed by atoms with Gasteiger partial charge < -0.3 is 5.32 Å². The van der Waals surface area contributed by atoms with Crippen molar-refractivity contribution in [1.29, 1.82) is 0 Å². The second kappa shape index (κ2) is 6.60. The lowest BCUT2D eigenvalue weighted by Crippen LogP contribution is -2.22. The molecule has 0 radical (unpaired) electrons.